The van der Waals surface area contributed by atoms with Crippen molar-refractivity contribution in [1.82, 2.24) is 15.3 Å². The van der Waals surface area contributed by atoms with Gasteiger partial charge in [0.05, 0.1) is 7.11 Å². The third kappa shape index (κ3) is 1.95. The van der Waals surface area contributed by atoms with Gasteiger partial charge in [0.15, 0.2) is 0 Å². The topological polar surface area (TPSA) is 67.3 Å². The highest BCUT2D eigenvalue weighted by atomic mass is 16.5. The highest BCUT2D eigenvalue weighted by Gasteiger charge is 2.50. The zero-order valence-corrected chi connectivity index (χ0v) is 12.1. The fraction of sp³-hybridized carbons (Fsp3) is 0.643. The van der Waals surface area contributed by atoms with Gasteiger partial charge in [0.2, 0.25) is 5.82 Å². The van der Waals surface area contributed by atoms with E-state index in [2.05, 4.69) is 38.8 Å². The Morgan fingerprint density at radius 3 is 3.00 bits per heavy atom. The van der Waals surface area contributed by atoms with E-state index in [0.29, 0.717) is 11.8 Å². The molecule has 2 aliphatic rings. The standard InChI is InChI=1S/C14H20N4O2/c1-14(2)10-7-15-6-9(10)8-18(14)11-4-5-16-12(17-11)13(19)20-3/h4-5,9-10,15H,6-8H2,1-3H3. The fourth-order valence-corrected chi connectivity index (χ4v) is 3.50. The molecule has 108 valence electrons. The van der Waals surface area contributed by atoms with Gasteiger partial charge >= 0.3 is 5.97 Å². The molecular weight excluding hydrogens is 256 g/mol. The lowest BCUT2D eigenvalue weighted by Gasteiger charge is -2.36. The lowest BCUT2D eigenvalue weighted by molar-refractivity contribution is 0.0586. The molecule has 2 saturated heterocycles. The van der Waals surface area contributed by atoms with Crippen LogP contribution in [-0.4, -0.2) is 48.2 Å². The van der Waals surface area contributed by atoms with E-state index in [-0.39, 0.29) is 11.4 Å². The molecule has 3 rings (SSSR count). The van der Waals surface area contributed by atoms with Crippen LogP contribution < -0.4 is 10.2 Å². The summed E-state index contributed by atoms with van der Waals surface area (Å²) < 4.78 is 4.69. The average molecular weight is 276 g/mol. The maximum absolute atomic E-state index is 11.6. The lowest BCUT2D eigenvalue weighted by atomic mass is 9.85. The van der Waals surface area contributed by atoms with Gasteiger partial charge in [0.25, 0.3) is 0 Å². The minimum absolute atomic E-state index is 0.0237. The third-order valence-electron chi connectivity index (χ3n) is 4.65. The molecule has 1 N–H and O–H groups in total. The van der Waals surface area contributed by atoms with Gasteiger partial charge in [-0.25, -0.2) is 14.8 Å². The van der Waals surface area contributed by atoms with E-state index in [0.717, 1.165) is 25.5 Å². The molecule has 0 bridgehead atoms. The van der Waals surface area contributed by atoms with Crippen LogP contribution >= 0.6 is 0 Å². The summed E-state index contributed by atoms with van der Waals surface area (Å²) in [6.07, 6.45) is 1.62. The monoisotopic (exact) mass is 276 g/mol. The Hall–Kier alpha value is -1.69. The maximum atomic E-state index is 11.6. The number of carbonyl (C=O) groups is 1. The van der Waals surface area contributed by atoms with Crippen LogP contribution in [0.5, 0.6) is 0 Å². The van der Waals surface area contributed by atoms with Gasteiger partial charge in [-0.3, -0.25) is 0 Å². The van der Waals surface area contributed by atoms with Crippen LogP contribution in [0.15, 0.2) is 12.3 Å². The summed E-state index contributed by atoms with van der Waals surface area (Å²) >= 11 is 0. The molecular formula is C14H20N4O2. The molecule has 2 fully saturated rings. The Balaban J connectivity index is 1.92. The number of anilines is 1. The van der Waals surface area contributed by atoms with E-state index < -0.39 is 5.97 Å². The van der Waals surface area contributed by atoms with Gasteiger partial charge in [0, 0.05) is 31.4 Å². The van der Waals surface area contributed by atoms with E-state index in [1.165, 1.54) is 7.11 Å². The summed E-state index contributed by atoms with van der Waals surface area (Å²) in [6, 6.07) is 1.86. The summed E-state index contributed by atoms with van der Waals surface area (Å²) in [5.74, 6) is 1.68. The number of hydrogen-bond donors (Lipinski definition) is 1. The summed E-state index contributed by atoms with van der Waals surface area (Å²) in [6.45, 7) is 7.54. The number of ether oxygens (including phenoxy) is 1. The van der Waals surface area contributed by atoms with E-state index in [4.69, 9.17) is 0 Å². The van der Waals surface area contributed by atoms with Crippen LogP contribution in [0.1, 0.15) is 24.5 Å². The third-order valence-corrected chi connectivity index (χ3v) is 4.65. The first kappa shape index (κ1) is 13.3. The van der Waals surface area contributed by atoms with E-state index >= 15 is 0 Å². The SMILES string of the molecule is COC(=O)c1nccc(N2CC3CNCC3C2(C)C)n1. The molecule has 0 radical (unpaired) electrons. The number of esters is 1. The first-order valence-corrected chi connectivity index (χ1v) is 6.93. The zero-order chi connectivity index (χ0) is 14.3. The van der Waals surface area contributed by atoms with E-state index in [9.17, 15) is 4.79 Å². The molecule has 1 aromatic rings. The minimum Gasteiger partial charge on any atom is -0.463 e. The molecule has 2 atom stereocenters. The Morgan fingerprint density at radius 2 is 2.30 bits per heavy atom. The summed E-state index contributed by atoms with van der Waals surface area (Å²) in [5.41, 5.74) is 0.0237. The van der Waals surface area contributed by atoms with Crippen LogP contribution in [-0.2, 0) is 4.74 Å². The number of aromatic nitrogens is 2. The number of nitrogens with one attached hydrogen (secondary N) is 1. The molecule has 2 aliphatic heterocycles. The number of methoxy groups -OCH3 is 1. The Morgan fingerprint density at radius 1 is 1.50 bits per heavy atom. The molecule has 3 heterocycles. The largest absolute Gasteiger partial charge is 0.463 e. The second-order valence-corrected chi connectivity index (χ2v) is 6.02. The molecule has 20 heavy (non-hydrogen) atoms. The van der Waals surface area contributed by atoms with Crippen LogP contribution in [0.25, 0.3) is 0 Å². The van der Waals surface area contributed by atoms with Crippen molar-refractivity contribution in [2.24, 2.45) is 11.8 Å². The summed E-state index contributed by atoms with van der Waals surface area (Å²) in [7, 11) is 1.34. The number of hydrogen-bond acceptors (Lipinski definition) is 6. The summed E-state index contributed by atoms with van der Waals surface area (Å²) in [4.78, 5) is 22.2. The predicted octanol–water partition coefficient (Wildman–Crippen LogP) is 0.697. The molecule has 1 aromatic heterocycles. The smallest absolute Gasteiger partial charge is 0.376 e. The molecule has 6 nitrogen and oxygen atoms in total. The summed E-state index contributed by atoms with van der Waals surface area (Å²) in [5, 5.41) is 3.46. The van der Waals surface area contributed by atoms with Gasteiger partial charge < -0.3 is 15.0 Å². The Bertz CT molecular complexity index is 532. The number of rotatable bonds is 2. The fourth-order valence-electron chi connectivity index (χ4n) is 3.50. The van der Waals surface area contributed by atoms with Crippen molar-refractivity contribution in [1.29, 1.82) is 0 Å². The lowest BCUT2D eigenvalue weighted by Crippen LogP contribution is -2.45. The number of carbonyl (C=O) groups excluding carboxylic acids is 1. The van der Waals surface area contributed by atoms with Crippen molar-refractivity contribution < 1.29 is 9.53 Å². The van der Waals surface area contributed by atoms with Gasteiger partial charge in [-0.1, -0.05) is 0 Å². The van der Waals surface area contributed by atoms with Crippen LogP contribution in [0, 0.1) is 11.8 Å². The van der Waals surface area contributed by atoms with Crippen LogP contribution in [0.4, 0.5) is 5.82 Å². The Kier molecular flexibility index (Phi) is 3.12. The maximum Gasteiger partial charge on any atom is 0.376 e. The zero-order valence-electron chi connectivity index (χ0n) is 12.1. The van der Waals surface area contributed by atoms with Gasteiger partial charge in [0.1, 0.15) is 5.82 Å². The molecule has 6 heteroatoms. The molecule has 0 spiro atoms. The van der Waals surface area contributed by atoms with Crippen LogP contribution in [0.3, 0.4) is 0 Å². The normalized spacial score (nSPS) is 27.4. The molecule has 0 amide bonds. The van der Waals surface area contributed by atoms with Gasteiger partial charge in [-0.15, -0.1) is 0 Å². The van der Waals surface area contributed by atoms with Crippen molar-refractivity contribution >= 4 is 11.8 Å². The average Bonchev–Trinajstić information content (AvgIpc) is 3.00. The van der Waals surface area contributed by atoms with Gasteiger partial charge in [-0.05, 0) is 31.7 Å². The first-order chi connectivity index (χ1) is 9.54. The van der Waals surface area contributed by atoms with E-state index in [1.807, 2.05) is 6.07 Å². The highest BCUT2D eigenvalue weighted by molar-refractivity contribution is 5.85. The van der Waals surface area contributed by atoms with Crippen molar-refractivity contribution in [3.63, 3.8) is 0 Å². The molecule has 2 unspecified atom stereocenters. The second kappa shape index (κ2) is 4.70. The predicted molar refractivity (Wildman–Crippen MR) is 74.6 cm³/mol. The van der Waals surface area contributed by atoms with E-state index in [1.54, 1.807) is 6.20 Å². The van der Waals surface area contributed by atoms with Crippen LogP contribution in [0.2, 0.25) is 0 Å². The number of fused-ring (bicyclic) bond motifs is 1. The minimum atomic E-state index is -0.495. The Labute approximate surface area is 118 Å². The first-order valence-electron chi connectivity index (χ1n) is 6.93. The van der Waals surface area contributed by atoms with Crippen molar-refractivity contribution in [3.8, 4) is 0 Å². The van der Waals surface area contributed by atoms with Crippen molar-refractivity contribution in [3.05, 3.63) is 18.1 Å². The second-order valence-electron chi connectivity index (χ2n) is 6.02. The van der Waals surface area contributed by atoms with Crippen molar-refractivity contribution in [2.45, 2.75) is 19.4 Å². The highest BCUT2D eigenvalue weighted by Crippen LogP contribution is 2.42. The molecule has 0 aliphatic carbocycles. The van der Waals surface area contributed by atoms with Crippen molar-refractivity contribution in [2.75, 3.05) is 31.6 Å². The quantitative estimate of drug-likeness (QED) is 0.802. The molecule has 0 saturated carbocycles. The molecule has 0 aromatic carbocycles. The number of nitrogens with zero attached hydrogens (tertiary/aromatic N) is 3. The van der Waals surface area contributed by atoms with Gasteiger partial charge in [-0.2, -0.15) is 0 Å².